The standard InChI is InChI=1S/C23H21N3O3/c1-3-13-24-21(27)16-29-23(28)20-15-26(14-18-7-5-4-6-8-18)25-22(20)19-11-9-17(2)10-12-19/h1,4-12,15H,13-14,16H2,2H3,(H,24,27). The normalized spacial score (nSPS) is 10.2. The number of amides is 1. The highest BCUT2D eigenvalue weighted by molar-refractivity contribution is 5.97. The van der Waals surface area contributed by atoms with Gasteiger partial charge >= 0.3 is 5.97 Å². The lowest BCUT2D eigenvalue weighted by molar-refractivity contribution is -0.123. The average molecular weight is 387 g/mol. The monoisotopic (exact) mass is 387 g/mol. The molecule has 146 valence electrons. The zero-order chi connectivity index (χ0) is 20.6. The van der Waals surface area contributed by atoms with E-state index in [0.717, 1.165) is 16.7 Å². The van der Waals surface area contributed by atoms with E-state index in [2.05, 4.69) is 16.3 Å². The molecule has 0 saturated heterocycles. The summed E-state index contributed by atoms with van der Waals surface area (Å²) in [4.78, 5) is 24.3. The summed E-state index contributed by atoms with van der Waals surface area (Å²) in [6.07, 6.45) is 6.74. The van der Waals surface area contributed by atoms with Crippen molar-refractivity contribution in [3.05, 3.63) is 77.5 Å². The molecule has 1 aromatic heterocycles. The fraction of sp³-hybridized carbons (Fsp3) is 0.174. The molecule has 2 aromatic carbocycles. The maximum absolute atomic E-state index is 12.7. The maximum Gasteiger partial charge on any atom is 0.342 e. The lowest BCUT2D eigenvalue weighted by atomic mass is 10.1. The van der Waals surface area contributed by atoms with Crippen LogP contribution in [0.4, 0.5) is 0 Å². The molecule has 1 N–H and O–H groups in total. The van der Waals surface area contributed by atoms with Crippen LogP contribution in [0.25, 0.3) is 11.3 Å². The SMILES string of the molecule is C#CCNC(=O)COC(=O)c1cn(Cc2ccccc2)nc1-c1ccc(C)cc1. The van der Waals surface area contributed by atoms with Gasteiger partial charge in [-0.2, -0.15) is 5.10 Å². The van der Waals surface area contributed by atoms with Crippen LogP contribution in [0, 0.1) is 19.3 Å². The third kappa shape index (κ3) is 5.33. The molecule has 3 aromatic rings. The van der Waals surface area contributed by atoms with E-state index in [-0.39, 0.29) is 6.54 Å². The van der Waals surface area contributed by atoms with Crippen molar-refractivity contribution in [3.63, 3.8) is 0 Å². The van der Waals surface area contributed by atoms with Gasteiger partial charge in [0.05, 0.1) is 13.1 Å². The van der Waals surface area contributed by atoms with Gasteiger partial charge in [-0.1, -0.05) is 66.1 Å². The number of aryl methyl sites for hydroxylation is 1. The minimum Gasteiger partial charge on any atom is -0.452 e. The minimum atomic E-state index is -0.615. The largest absolute Gasteiger partial charge is 0.452 e. The molecule has 0 bridgehead atoms. The number of terminal acetylenes is 1. The average Bonchev–Trinajstić information content (AvgIpc) is 3.15. The van der Waals surface area contributed by atoms with Crippen LogP contribution >= 0.6 is 0 Å². The van der Waals surface area contributed by atoms with E-state index in [1.54, 1.807) is 10.9 Å². The van der Waals surface area contributed by atoms with E-state index in [1.807, 2.05) is 61.5 Å². The van der Waals surface area contributed by atoms with Crippen molar-refractivity contribution >= 4 is 11.9 Å². The van der Waals surface area contributed by atoms with Crippen molar-refractivity contribution in [2.24, 2.45) is 0 Å². The van der Waals surface area contributed by atoms with Gasteiger partial charge < -0.3 is 10.1 Å². The van der Waals surface area contributed by atoms with E-state index >= 15 is 0 Å². The third-order valence-corrected chi connectivity index (χ3v) is 4.22. The molecular formula is C23H21N3O3. The van der Waals surface area contributed by atoms with Gasteiger partial charge in [-0.3, -0.25) is 9.48 Å². The van der Waals surface area contributed by atoms with Crippen LogP contribution in [0.15, 0.2) is 60.8 Å². The number of rotatable bonds is 7. The Kier molecular flexibility index (Phi) is 6.43. The first-order chi connectivity index (χ1) is 14.1. The number of carbonyl (C=O) groups is 2. The van der Waals surface area contributed by atoms with Crippen LogP contribution in [-0.2, 0) is 16.1 Å². The number of esters is 1. The molecule has 0 unspecified atom stereocenters. The van der Waals surface area contributed by atoms with Crippen LogP contribution in [0.3, 0.4) is 0 Å². The van der Waals surface area contributed by atoms with Crippen LogP contribution < -0.4 is 5.32 Å². The topological polar surface area (TPSA) is 73.2 Å². The first-order valence-corrected chi connectivity index (χ1v) is 9.12. The molecule has 0 aliphatic carbocycles. The molecule has 0 atom stereocenters. The van der Waals surface area contributed by atoms with Gasteiger partial charge in [0, 0.05) is 11.8 Å². The Labute approximate surface area is 169 Å². The zero-order valence-electron chi connectivity index (χ0n) is 16.1. The molecule has 6 nitrogen and oxygen atoms in total. The van der Waals surface area contributed by atoms with Crippen molar-refractivity contribution in [1.29, 1.82) is 0 Å². The number of nitrogens with zero attached hydrogens (tertiary/aromatic N) is 2. The van der Waals surface area contributed by atoms with Crippen LogP contribution in [0.5, 0.6) is 0 Å². The Bertz CT molecular complexity index is 1030. The number of benzene rings is 2. The molecule has 0 spiro atoms. The zero-order valence-corrected chi connectivity index (χ0v) is 16.1. The van der Waals surface area contributed by atoms with E-state index in [1.165, 1.54) is 0 Å². The summed E-state index contributed by atoms with van der Waals surface area (Å²) in [5.41, 5.74) is 3.77. The number of hydrogen-bond donors (Lipinski definition) is 1. The molecule has 0 aliphatic heterocycles. The molecule has 0 fully saturated rings. The molecule has 0 aliphatic rings. The summed E-state index contributed by atoms with van der Waals surface area (Å²) in [7, 11) is 0. The second-order valence-electron chi connectivity index (χ2n) is 6.50. The Morgan fingerprint density at radius 3 is 2.55 bits per heavy atom. The highest BCUT2D eigenvalue weighted by Crippen LogP contribution is 2.24. The Hall–Kier alpha value is -3.85. The first-order valence-electron chi connectivity index (χ1n) is 9.12. The molecule has 0 radical (unpaired) electrons. The van der Waals surface area contributed by atoms with Crippen LogP contribution in [0.1, 0.15) is 21.5 Å². The van der Waals surface area contributed by atoms with E-state index in [0.29, 0.717) is 17.8 Å². The minimum absolute atomic E-state index is 0.0833. The number of hydrogen-bond acceptors (Lipinski definition) is 4. The van der Waals surface area contributed by atoms with Gasteiger partial charge in [-0.25, -0.2) is 4.79 Å². The summed E-state index contributed by atoms with van der Waals surface area (Å²) in [5, 5.41) is 7.05. The second-order valence-corrected chi connectivity index (χ2v) is 6.50. The second kappa shape index (κ2) is 9.38. The maximum atomic E-state index is 12.7. The van der Waals surface area contributed by atoms with Crippen molar-refractivity contribution in [2.75, 3.05) is 13.2 Å². The predicted octanol–water partition coefficient (Wildman–Crippen LogP) is 2.81. The predicted molar refractivity (Wildman–Crippen MR) is 110 cm³/mol. The van der Waals surface area contributed by atoms with Crippen molar-refractivity contribution in [3.8, 4) is 23.6 Å². The van der Waals surface area contributed by atoms with Gasteiger partial charge in [0.1, 0.15) is 11.3 Å². The fourth-order valence-electron chi connectivity index (χ4n) is 2.76. The number of nitrogens with one attached hydrogen (secondary N) is 1. The van der Waals surface area contributed by atoms with E-state index in [4.69, 9.17) is 11.2 Å². The molecule has 29 heavy (non-hydrogen) atoms. The summed E-state index contributed by atoms with van der Waals surface area (Å²) in [6.45, 7) is 2.18. The first kappa shape index (κ1) is 19.9. The van der Waals surface area contributed by atoms with Gasteiger partial charge in [0.2, 0.25) is 0 Å². The molecule has 1 heterocycles. The Balaban J connectivity index is 1.85. The third-order valence-electron chi connectivity index (χ3n) is 4.22. The molecular weight excluding hydrogens is 366 g/mol. The Morgan fingerprint density at radius 2 is 1.86 bits per heavy atom. The van der Waals surface area contributed by atoms with Crippen LogP contribution in [-0.4, -0.2) is 34.8 Å². The van der Waals surface area contributed by atoms with Gasteiger partial charge in [0.25, 0.3) is 5.91 Å². The summed E-state index contributed by atoms with van der Waals surface area (Å²) in [6, 6.07) is 17.5. The molecule has 1 amide bonds. The molecule has 3 rings (SSSR count). The summed E-state index contributed by atoms with van der Waals surface area (Å²) in [5.74, 6) is 1.22. The lowest BCUT2D eigenvalue weighted by Gasteiger charge is -2.05. The number of carbonyl (C=O) groups excluding carboxylic acids is 2. The smallest absolute Gasteiger partial charge is 0.342 e. The highest BCUT2D eigenvalue weighted by atomic mass is 16.5. The lowest BCUT2D eigenvalue weighted by Crippen LogP contribution is -2.29. The molecule has 6 heteroatoms. The van der Waals surface area contributed by atoms with Gasteiger partial charge in [-0.15, -0.1) is 6.42 Å². The van der Waals surface area contributed by atoms with Gasteiger partial charge in [-0.05, 0) is 12.5 Å². The fourth-order valence-corrected chi connectivity index (χ4v) is 2.76. The summed E-state index contributed by atoms with van der Waals surface area (Å²) < 4.78 is 6.86. The highest BCUT2D eigenvalue weighted by Gasteiger charge is 2.20. The molecule has 0 saturated carbocycles. The number of aromatic nitrogens is 2. The van der Waals surface area contributed by atoms with Gasteiger partial charge in [0.15, 0.2) is 6.61 Å². The van der Waals surface area contributed by atoms with E-state index < -0.39 is 18.5 Å². The number of ether oxygens (including phenoxy) is 1. The van der Waals surface area contributed by atoms with E-state index in [9.17, 15) is 9.59 Å². The van der Waals surface area contributed by atoms with Crippen molar-refractivity contribution in [1.82, 2.24) is 15.1 Å². The van der Waals surface area contributed by atoms with Crippen molar-refractivity contribution in [2.45, 2.75) is 13.5 Å². The summed E-state index contributed by atoms with van der Waals surface area (Å²) >= 11 is 0. The van der Waals surface area contributed by atoms with Crippen molar-refractivity contribution < 1.29 is 14.3 Å². The van der Waals surface area contributed by atoms with Crippen LogP contribution in [0.2, 0.25) is 0 Å². The quantitative estimate of drug-likeness (QED) is 0.500. The Morgan fingerprint density at radius 1 is 1.14 bits per heavy atom.